The fourth-order valence-corrected chi connectivity index (χ4v) is 4.53. The van der Waals surface area contributed by atoms with Gasteiger partial charge in [-0.2, -0.15) is 0 Å². The molecule has 3 aliphatic rings. The third-order valence-corrected chi connectivity index (χ3v) is 6.45. The van der Waals surface area contributed by atoms with Crippen molar-refractivity contribution < 1.29 is 19.4 Å². The monoisotopic (exact) mass is 387 g/mol. The topological polar surface area (TPSA) is 83.0 Å². The molecule has 1 saturated carbocycles. The Morgan fingerprint density at radius 2 is 2.21 bits per heavy atom. The molecule has 0 bridgehead atoms. The van der Waals surface area contributed by atoms with E-state index in [1.165, 1.54) is 0 Å². The number of hydrogen-bond acceptors (Lipinski definition) is 5. The average molecular weight is 387 g/mol. The molecule has 1 N–H and O–H groups in total. The van der Waals surface area contributed by atoms with Gasteiger partial charge in [-0.25, -0.2) is 0 Å². The molecule has 3 atom stereocenters. The normalized spacial score (nSPS) is 28.4. The molecule has 0 aromatic carbocycles. The lowest BCUT2D eigenvalue weighted by atomic mass is 9.77. The number of likely N-dealkylation sites (N-methyl/N-ethyl adjacent to an activating group) is 1. The van der Waals surface area contributed by atoms with E-state index in [0.29, 0.717) is 44.8 Å². The van der Waals surface area contributed by atoms with Crippen LogP contribution in [-0.4, -0.2) is 69.7 Å². The Morgan fingerprint density at radius 3 is 2.89 bits per heavy atom. The number of aromatic nitrogens is 1. The molecule has 3 fully saturated rings. The molecule has 7 nitrogen and oxygen atoms in total. The first-order chi connectivity index (χ1) is 13.4. The number of carbonyl (C=O) groups is 2. The van der Waals surface area contributed by atoms with Crippen molar-refractivity contribution in [2.75, 3.05) is 20.1 Å². The molecule has 1 aromatic rings. The Morgan fingerprint density at radius 1 is 1.39 bits per heavy atom. The number of fused-ring (bicyclic) bond motifs is 1. The molecular formula is C21H29N3O4. The average Bonchev–Trinajstić information content (AvgIpc) is 3.10. The van der Waals surface area contributed by atoms with Gasteiger partial charge in [0.1, 0.15) is 6.10 Å². The number of rotatable bonds is 5. The molecule has 3 heterocycles. The highest BCUT2D eigenvalue weighted by Crippen LogP contribution is 2.37. The number of hydrogen-bond donors (Lipinski definition) is 1. The molecule has 4 rings (SSSR count). The van der Waals surface area contributed by atoms with E-state index < -0.39 is 11.7 Å². The summed E-state index contributed by atoms with van der Waals surface area (Å²) in [6.45, 7) is 1.66. The predicted molar refractivity (Wildman–Crippen MR) is 102 cm³/mol. The van der Waals surface area contributed by atoms with Crippen molar-refractivity contribution in [2.24, 2.45) is 5.92 Å². The van der Waals surface area contributed by atoms with E-state index in [1.54, 1.807) is 18.1 Å². The Labute approximate surface area is 165 Å². The van der Waals surface area contributed by atoms with Crippen LogP contribution in [-0.2, 0) is 20.9 Å². The first-order valence-corrected chi connectivity index (χ1v) is 10.2. The Bertz CT molecular complexity index is 722. The second-order valence-corrected chi connectivity index (χ2v) is 8.56. The lowest BCUT2D eigenvalue weighted by molar-refractivity contribution is -0.147. The summed E-state index contributed by atoms with van der Waals surface area (Å²) in [6, 6.07) is 5.66. The van der Waals surface area contributed by atoms with E-state index >= 15 is 0 Å². The zero-order valence-corrected chi connectivity index (χ0v) is 16.4. The molecule has 1 aliphatic carbocycles. The van der Waals surface area contributed by atoms with Gasteiger partial charge < -0.3 is 19.6 Å². The van der Waals surface area contributed by atoms with Crippen molar-refractivity contribution in [1.82, 2.24) is 14.8 Å². The lowest BCUT2D eigenvalue weighted by Crippen LogP contribution is -2.49. The standard InChI is InChI=1S/C21H29N3O4/c1-23(13-16-5-2-3-9-22-16)20(26)17-11-15-6-10-24(14-18(15)28-17)19(25)12-21(27)7-4-8-21/h2-3,5,9,15,17-18,27H,4,6-8,10-14H2,1H3/t15-,17?,18-/m0/s1. The number of pyridine rings is 1. The number of ether oxygens (including phenoxy) is 1. The number of carbonyl (C=O) groups excluding carboxylic acids is 2. The van der Waals surface area contributed by atoms with E-state index in [-0.39, 0.29) is 24.3 Å². The van der Waals surface area contributed by atoms with Gasteiger partial charge in [-0.15, -0.1) is 0 Å². The van der Waals surface area contributed by atoms with Crippen molar-refractivity contribution in [3.63, 3.8) is 0 Å². The highest BCUT2D eigenvalue weighted by molar-refractivity contribution is 5.81. The van der Waals surface area contributed by atoms with E-state index in [0.717, 1.165) is 18.5 Å². The first kappa shape index (κ1) is 19.3. The van der Waals surface area contributed by atoms with Crippen LogP contribution >= 0.6 is 0 Å². The zero-order chi connectivity index (χ0) is 19.7. The number of nitrogens with zero attached hydrogens (tertiary/aromatic N) is 3. The Balaban J connectivity index is 1.30. The SMILES string of the molecule is CN(Cc1ccccn1)C(=O)C1C[C@@H]2CCN(C(=O)CC3(O)CCC3)C[C@@H]2O1. The summed E-state index contributed by atoms with van der Waals surface area (Å²) in [5.41, 5.74) is 0.0522. The molecule has 2 saturated heterocycles. The van der Waals surface area contributed by atoms with Crippen LogP contribution in [0, 0.1) is 5.92 Å². The van der Waals surface area contributed by atoms with Crippen LogP contribution in [0.1, 0.15) is 44.2 Å². The van der Waals surface area contributed by atoms with Gasteiger partial charge >= 0.3 is 0 Å². The van der Waals surface area contributed by atoms with Crippen molar-refractivity contribution in [2.45, 2.75) is 62.9 Å². The number of piperidine rings is 1. The molecule has 0 radical (unpaired) electrons. The number of aliphatic hydroxyl groups is 1. The van der Waals surface area contributed by atoms with E-state index in [1.807, 2.05) is 23.1 Å². The van der Waals surface area contributed by atoms with Gasteiger partial charge in [0.25, 0.3) is 5.91 Å². The van der Waals surface area contributed by atoms with Gasteiger partial charge in [0.05, 0.1) is 30.4 Å². The Hall–Kier alpha value is -1.99. The smallest absolute Gasteiger partial charge is 0.251 e. The van der Waals surface area contributed by atoms with Gasteiger partial charge in [0.2, 0.25) is 5.91 Å². The van der Waals surface area contributed by atoms with Gasteiger partial charge in [0, 0.05) is 26.3 Å². The third kappa shape index (κ3) is 4.05. The summed E-state index contributed by atoms with van der Waals surface area (Å²) in [4.78, 5) is 33.1. The lowest BCUT2D eigenvalue weighted by Gasteiger charge is -2.39. The highest BCUT2D eigenvalue weighted by atomic mass is 16.5. The van der Waals surface area contributed by atoms with E-state index in [2.05, 4.69) is 4.98 Å². The molecule has 28 heavy (non-hydrogen) atoms. The fraction of sp³-hybridized carbons (Fsp3) is 0.667. The maximum Gasteiger partial charge on any atom is 0.251 e. The van der Waals surface area contributed by atoms with Crippen LogP contribution in [0.25, 0.3) is 0 Å². The van der Waals surface area contributed by atoms with Gasteiger partial charge in [-0.3, -0.25) is 14.6 Å². The van der Waals surface area contributed by atoms with Gasteiger partial charge in [-0.1, -0.05) is 6.07 Å². The van der Waals surface area contributed by atoms with E-state index in [4.69, 9.17) is 4.74 Å². The maximum absolute atomic E-state index is 12.8. The minimum absolute atomic E-state index is 0.00583. The van der Waals surface area contributed by atoms with Crippen molar-refractivity contribution in [3.05, 3.63) is 30.1 Å². The zero-order valence-electron chi connectivity index (χ0n) is 16.4. The first-order valence-electron chi connectivity index (χ1n) is 10.2. The van der Waals surface area contributed by atoms with Crippen molar-refractivity contribution in [3.8, 4) is 0 Å². The quantitative estimate of drug-likeness (QED) is 0.825. The minimum Gasteiger partial charge on any atom is -0.389 e. The second kappa shape index (κ2) is 7.79. The largest absolute Gasteiger partial charge is 0.389 e. The molecule has 1 aromatic heterocycles. The minimum atomic E-state index is -0.794. The molecule has 2 amide bonds. The summed E-state index contributed by atoms with van der Waals surface area (Å²) >= 11 is 0. The summed E-state index contributed by atoms with van der Waals surface area (Å²) < 4.78 is 6.07. The summed E-state index contributed by atoms with van der Waals surface area (Å²) in [7, 11) is 1.78. The number of likely N-dealkylation sites (tertiary alicyclic amines) is 1. The highest BCUT2D eigenvalue weighted by Gasteiger charge is 2.45. The van der Waals surface area contributed by atoms with Crippen LogP contribution in [0.5, 0.6) is 0 Å². The van der Waals surface area contributed by atoms with Crippen LogP contribution in [0.2, 0.25) is 0 Å². The van der Waals surface area contributed by atoms with Crippen LogP contribution in [0.3, 0.4) is 0 Å². The van der Waals surface area contributed by atoms with Crippen LogP contribution in [0.15, 0.2) is 24.4 Å². The fourth-order valence-electron chi connectivity index (χ4n) is 4.53. The molecule has 7 heteroatoms. The van der Waals surface area contributed by atoms with Crippen molar-refractivity contribution >= 4 is 11.8 Å². The van der Waals surface area contributed by atoms with Crippen molar-refractivity contribution in [1.29, 1.82) is 0 Å². The molecule has 0 spiro atoms. The van der Waals surface area contributed by atoms with Crippen LogP contribution in [0.4, 0.5) is 0 Å². The summed E-state index contributed by atoms with van der Waals surface area (Å²) in [5.74, 6) is 0.293. The van der Waals surface area contributed by atoms with E-state index in [9.17, 15) is 14.7 Å². The summed E-state index contributed by atoms with van der Waals surface area (Å²) in [5, 5.41) is 10.3. The molecule has 1 unspecified atom stereocenters. The Kier molecular flexibility index (Phi) is 5.38. The molecule has 152 valence electrons. The second-order valence-electron chi connectivity index (χ2n) is 8.56. The predicted octanol–water partition coefficient (Wildman–Crippen LogP) is 1.35. The maximum atomic E-state index is 12.8. The molecular weight excluding hydrogens is 358 g/mol. The van der Waals surface area contributed by atoms with Crippen LogP contribution < -0.4 is 0 Å². The van der Waals surface area contributed by atoms with Gasteiger partial charge in [0.15, 0.2) is 0 Å². The third-order valence-electron chi connectivity index (χ3n) is 6.45. The molecule has 2 aliphatic heterocycles. The number of amides is 2. The van der Waals surface area contributed by atoms with Gasteiger partial charge in [-0.05, 0) is 50.2 Å². The summed E-state index contributed by atoms with van der Waals surface area (Å²) in [6.07, 6.45) is 5.38.